The number of carbonyl (C=O) groups is 1. The number of benzene rings is 2. The Morgan fingerprint density at radius 2 is 1.89 bits per heavy atom. The molecule has 0 unspecified atom stereocenters. The van der Waals surface area contributed by atoms with Crippen molar-refractivity contribution >= 4 is 11.6 Å². The lowest BCUT2D eigenvalue weighted by Gasteiger charge is -2.12. The summed E-state index contributed by atoms with van der Waals surface area (Å²) in [5.74, 6) is 1.26. The molecule has 0 atom stereocenters. The van der Waals surface area contributed by atoms with Crippen molar-refractivity contribution in [3.05, 3.63) is 59.8 Å². The third kappa shape index (κ3) is 4.34. The van der Waals surface area contributed by atoms with Crippen LogP contribution in [0.15, 0.2) is 48.5 Å². The monoisotopic (exact) mass is 379 g/mol. The smallest absolute Gasteiger partial charge is 0.228 e. The second-order valence-corrected chi connectivity index (χ2v) is 6.45. The van der Waals surface area contributed by atoms with Crippen molar-refractivity contribution in [1.82, 2.24) is 10.2 Å². The molecule has 1 amide bonds. The molecule has 0 saturated carbocycles. The zero-order valence-electron chi connectivity index (χ0n) is 16.4. The molecule has 0 aliphatic carbocycles. The van der Waals surface area contributed by atoms with Gasteiger partial charge in [0, 0.05) is 5.56 Å². The summed E-state index contributed by atoms with van der Waals surface area (Å²) in [5.41, 5.74) is 3.94. The van der Waals surface area contributed by atoms with E-state index < -0.39 is 0 Å². The van der Waals surface area contributed by atoms with Crippen LogP contribution < -0.4 is 14.8 Å². The molecule has 0 saturated heterocycles. The Bertz CT molecular complexity index is 935. The Morgan fingerprint density at radius 3 is 2.57 bits per heavy atom. The van der Waals surface area contributed by atoms with E-state index in [-0.39, 0.29) is 5.91 Å². The van der Waals surface area contributed by atoms with E-state index in [1.165, 1.54) is 0 Å². The number of hydrogen-bond donors (Lipinski definition) is 2. The number of nitrogens with one attached hydrogen (secondary N) is 2. The number of rotatable bonds is 8. The van der Waals surface area contributed by atoms with Gasteiger partial charge in [0.05, 0.1) is 32.0 Å². The summed E-state index contributed by atoms with van der Waals surface area (Å²) < 4.78 is 10.9. The molecule has 0 aliphatic rings. The predicted molar refractivity (Wildman–Crippen MR) is 110 cm³/mol. The number of methoxy groups -OCH3 is 2. The molecule has 6 heteroatoms. The standard InChI is InChI=1S/C22H25N3O3/c1-4-8-18-22(23-20(26)13-15-9-6-5-7-10-15)21(25-24-18)17-14-16(27-2)11-12-19(17)28-3/h5-7,9-12,14H,4,8,13H2,1-3H3,(H,23,26)(H,24,25). The molecule has 28 heavy (non-hydrogen) atoms. The molecule has 3 aromatic rings. The highest BCUT2D eigenvalue weighted by Crippen LogP contribution is 2.38. The van der Waals surface area contributed by atoms with Gasteiger partial charge in [-0.1, -0.05) is 43.7 Å². The number of H-pyrrole nitrogens is 1. The van der Waals surface area contributed by atoms with Crippen molar-refractivity contribution in [1.29, 1.82) is 0 Å². The van der Waals surface area contributed by atoms with Gasteiger partial charge in [-0.15, -0.1) is 0 Å². The van der Waals surface area contributed by atoms with Gasteiger partial charge in [-0.05, 0) is 30.2 Å². The number of anilines is 1. The minimum absolute atomic E-state index is 0.0898. The van der Waals surface area contributed by atoms with Crippen LogP contribution in [-0.2, 0) is 17.6 Å². The van der Waals surface area contributed by atoms with E-state index >= 15 is 0 Å². The molecule has 2 N–H and O–H groups in total. The number of amides is 1. The van der Waals surface area contributed by atoms with E-state index in [1.54, 1.807) is 14.2 Å². The molecular formula is C22H25N3O3. The largest absolute Gasteiger partial charge is 0.497 e. The lowest BCUT2D eigenvalue weighted by atomic mass is 10.1. The second-order valence-electron chi connectivity index (χ2n) is 6.45. The number of hydrogen-bond acceptors (Lipinski definition) is 4. The average Bonchev–Trinajstić information content (AvgIpc) is 3.10. The van der Waals surface area contributed by atoms with E-state index in [0.717, 1.165) is 29.7 Å². The molecule has 0 radical (unpaired) electrons. The Kier molecular flexibility index (Phi) is 6.32. The molecule has 1 aromatic heterocycles. The Morgan fingerprint density at radius 1 is 1.11 bits per heavy atom. The first-order valence-corrected chi connectivity index (χ1v) is 9.29. The van der Waals surface area contributed by atoms with Crippen LogP contribution in [0.5, 0.6) is 11.5 Å². The maximum Gasteiger partial charge on any atom is 0.228 e. The lowest BCUT2D eigenvalue weighted by molar-refractivity contribution is -0.115. The fourth-order valence-electron chi connectivity index (χ4n) is 3.10. The van der Waals surface area contributed by atoms with Crippen LogP contribution in [0.25, 0.3) is 11.3 Å². The highest BCUT2D eigenvalue weighted by atomic mass is 16.5. The summed E-state index contributed by atoms with van der Waals surface area (Å²) in [6.45, 7) is 2.09. The summed E-state index contributed by atoms with van der Waals surface area (Å²) >= 11 is 0. The average molecular weight is 379 g/mol. The fraction of sp³-hybridized carbons (Fsp3) is 0.273. The molecule has 1 heterocycles. The summed E-state index contributed by atoms with van der Waals surface area (Å²) in [5, 5.41) is 10.6. The highest BCUT2D eigenvalue weighted by Gasteiger charge is 2.20. The minimum Gasteiger partial charge on any atom is -0.497 e. The summed E-state index contributed by atoms with van der Waals surface area (Å²) in [6.07, 6.45) is 2.00. The van der Waals surface area contributed by atoms with Gasteiger partial charge in [0.2, 0.25) is 5.91 Å². The van der Waals surface area contributed by atoms with Crippen LogP contribution in [0.3, 0.4) is 0 Å². The van der Waals surface area contributed by atoms with Crippen molar-refractivity contribution in [2.24, 2.45) is 0 Å². The third-order valence-corrected chi connectivity index (χ3v) is 4.47. The van der Waals surface area contributed by atoms with E-state index in [0.29, 0.717) is 29.3 Å². The van der Waals surface area contributed by atoms with Gasteiger partial charge in [0.15, 0.2) is 0 Å². The quantitative estimate of drug-likeness (QED) is 0.614. The van der Waals surface area contributed by atoms with E-state index in [4.69, 9.17) is 9.47 Å². The Hall–Kier alpha value is -3.28. The van der Waals surface area contributed by atoms with Crippen LogP contribution in [0, 0.1) is 0 Å². The SMILES string of the molecule is CCCc1[nH]nc(-c2cc(OC)ccc2OC)c1NC(=O)Cc1ccccc1. The Balaban J connectivity index is 1.96. The van der Waals surface area contributed by atoms with Crippen LogP contribution in [0.4, 0.5) is 5.69 Å². The maximum atomic E-state index is 12.7. The van der Waals surface area contributed by atoms with Gasteiger partial charge in [-0.25, -0.2) is 0 Å². The number of carbonyl (C=O) groups excluding carboxylic acids is 1. The fourth-order valence-corrected chi connectivity index (χ4v) is 3.10. The Labute approximate surface area is 164 Å². The van der Waals surface area contributed by atoms with Crippen LogP contribution >= 0.6 is 0 Å². The molecule has 0 aliphatic heterocycles. The van der Waals surface area contributed by atoms with Crippen molar-refractivity contribution in [2.45, 2.75) is 26.2 Å². The molecule has 6 nitrogen and oxygen atoms in total. The third-order valence-electron chi connectivity index (χ3n) is 4.47. The number of aromatic nitrogens is 2. The molecule has 146 valence electrons. The summed E-state index contributed by atoms with van der Waals surface area (Å²) in [6, 6.07) is 15.2. The van der Waals surface area contributed by atoms with Gasteiger partial charge in [0.1, 0.15) is 17.2 Å². The van der Waals surface area contributed by atoms with Gasteiger partial charge in [-0.3, -0.25) is 9.89 Å². The van der Waals surface area contributed by atoms with Crippen molar-refractivity contribution < 1.29 is 14.3 Å². The van der Waals surface area contributed by atoms with Crippen LogP contribution in [0.2, 0.25) is 0 Å². The number of aromatic amines is 1. The van der Waals surface area contributed by atoms with Gasteiger partial charge in [-0.2, -0.15) is 5.10 Å². The first-order chi connectivity index (χ1) is 13.7. The summed E-state index contributed by atoms with van der Waals surface area (Å²) in [4.78, 5) is 12.7. The number of aryl methyl sites for hydroxylation is 1. The zero-order chi connectivity index (χ0) is 19.9. The molecular weight excluding hydrogens is 354 g/mol. The number of nitrogens with zero attached hydrogens (tertiary/aromatic N) is 1. The molecule has 0 spiro atoms. The van der Waals surface area contributed by atoms with Gasteiger partial charge >= 0.3 is 0 Å². The summed E-state index contributed by atoms with van der Waals surface area (Å²) in [7, 11) is 3.22. The van der Waals surface area contributed by atoms with E-state index in [2.05, 4.69) is 22.4 Å². The first kappa shape index (κ1) is 19.5. The first-order valence-electron chi connectivity index (χ1n) is 9.29. The van der Waals surface area contributed by atoms with Crippen LogP contribution in [0.1, 0.15) is 24.6 Å². The maximum absolute atomic E-state index is 12.7. The molecule has 0 fully saturated rings. The highest BCUT2D eigenvalue weighted by molar-refractivity contribution is 5.97. The molecule has 2 aromatic carbocycles. The topological polar surface area (TPSA) is 76.2 Å². The van der Waals surface area contributed by atoms with E-state index in [1.807, 2.05) is 48.5 Å². The number of ether oxygens (including phenoxy) is 2. The van der Waals surface area contributed by atoms with Crippen LogP contribution in [-0.4, -0.2) is 30.3 Å². The minimum atomic E-state index is -0.0898. The van der Waals surface area contributed by atoms with Crippen molar-refractivity contribution in [3.8, 4) is 22.8 Å². The molecule has 3 rings (SSSR count). The lowest BCUT2D eigenvalue weighted by Crippen LogP contribution is -2.15. The second kappa shape index (κ2) is 9.08. The van der Waals surface area contributed by atoms with Gasteiger partial charge in [0.25, 0.3) is 0 Å². The van der Waals surface area contributed by atoms with Crippen molar-refractivity contribution in [3.63, 3.8) is 0 Å². The zero-order valence-corrected chi connectivity index (χ0v) is 16.4. The predicted octanol–water partition coefficient (Wildman–Crippen LogP) is 4.23. The normalized spacial score (nSPS) is 10.5. The molecule has 0 bridgehead atoms. The van der Waals surface area contributed by atoms with Crippen molar-refractivity contribution in [2.75, 3.05) is 19.5 Å². The van der Waals surface area contributed by atoms with E-state index in [9.17, 15) is 4.79 Å². The van der Waals surface area contributed by atoms with Gasteiger partial charge < -0.3 is 14.8 Å².